The topological polar surface area (TPSA) is 106 Å². The number of nitrogen functional groups attached to an aromatic ring is 2. The third kappa shape index (κ3) is 2.30. The molecule has 0 bridgehead atoms. The van der Waals surface area contributed by atoms with Crippen LogP contribution in [-0.2, 0) is 12.8 Å². The van der Waals surface area contributed by atoms with Gasteiger partial charge in [0, 0.05) is 17.2 Å². The van der Waals surface area contributed by atoms with Crippen LogP contribution in [0.1, 0.15) is 22.9 Å². The van der Waals surface area contributed by atoms with Crippen LogP contribution in [0.3, 0.4) is 0 Å². The largest absolute Gasteiger partial charge is 0.399 e. The van der Waals surface area contributed by atoms with Crippen molar-refractivity contribution < 1.29 is 0 Å². The van der Waals surface area contributed by atoms with Crippen LogP contribution in [0.2, 0.25) is 0 Å². The summed E-state index contributed by atoms with van der Waals surface area (Å²) in [6.45, 7) is 0. The maximum Gasteiger partial charge on any atom is 0.161 e. The van der Waals surface area contributed by atoms with E-state index >= 15 is 0 Å². The van der Waals surface area contributed by atoms with Crippen LogP contribution < -0.4 is 11.5 Å². The van der Waals surface area contributed by atoms with Gasteiger partial charge < -0.3 is 11.5 Å². The van der Waals surface area contributed by atoms with Crippen LogP contribution >= 0.6 is 0 Å². The Hall–Kier alpha value is -3.41. The first-order chi connectivity index (χ1) is 12.7. The zero-order valence-electron chi connectivity index (χ0n) is 14.1. The summed E-state index contributed by atoms with van der Waals surface area (Å²) in [5.74, 6) is 1.47. The molecule has 0 unspecified atom stereocenters. The van der Waals surface area contributed by atoms with E-state index in [2.05, 4.69) is 39.4 Å². The fraction of sp³-hybridized carbons (Fsp3) is 0.150. The van der Waals surface area contributed by atoms with Gasteiger partial charge in [-0.1, -0.05) is 36.4 Å². The highest BCUT2D eigenvalue weighted by Gasteiger charge is 2.26. The zero-order chi connectivity index (χ0) is 17.7. The third-order valence-electron chi connectivity index (χ3n) is 5.04. The molecule has 0 amide bonds. The van der Waals surface area contributed by atoms with E-state index in [4.69, 9.17) is 16.5 Å². The van der Waals surface area contributed by atoms with E-state index < -0.39 is 0 Å². The Morgan fingerprint density at radius 3 is 2.42 bits per heavy atom. The number of rotatable bonds is 2. The van der Waals surface area contributed by atoms with Crippen molar-refractivity contribution in [2.24, 2.45) is 0 Å². The summed E-state index contributed by atoms with van der Waals surface area (Å²) >= 11 is 0. The zero-order valence-corrected chi connectivity index (χ0v) is 14.1. The van der Waals surface area contributed by atoms with Gasteiger partial charge in [-0.25, -0.2) is 9.97 Å². The van der Waals surface area contributed by atoms with Gasteiger partial charge in [-0.2, -0.15) is 5.10 Å². The molecular formula is C20H18N6. The number of nitrogens with two attached hydrogens (primary N) is 2. The second kappa shape index (κ2) is 5.56. The maximum atomic E-state index is 6.31. The van der Waals surface area contributed by atoms with Gasteiger partial charge in [-0.3, -0.25) is 5.10 Å². The predicted octanol–water partition coefficient (Wildman–Crippen LogP) is 3.07. The van der Waals surface area contributed by atoms with Crippen LogP contribution in [0.25, 0.3) is 22.3 Å². The van der Waals surface area contributed by atoms with E-state index in [1.165, 1.54) is 11.1 Å². The highest BCUT2D eigenvalue weighted by Crippen LogP contribution is 2.35. The second-order valence-corrected chi connectivity index (χ2v) is 6.76. The number of benzene rings is 2. The summed E-state index contributed by atoms with van der Waals surface area (Å²) in [5.41, 5.74) is 17.9. The van der Waals surface area contributed by atoms with Gasteiger partial charge in [0.2, 0.25) is 0 Å². The van der Waals surface area contributed by atoms with Crippen molar-refractivity contribution in [3.8, 4) is 11.3 Å². The van der Waals surface area contributed by atoms with Crippen LogP contribution in [0.15, 0.2) is 48.5 Å². The summed E-state index contributed by atoms with van der Waals surface area (Å²) in [6.07, 6.45) is 1.88. The molecule has 5 N–H and O–H groups in total. The van der Waals surface area contributed by atoms with Gasteiger partial charge in [0.1, 0.15) is 17.3 Å². The molecule has 1 aliphatic rings. The number of aromatic amines is 1. The molecule has 5 rings (SSSR count). The first kappa shape index (κ1) is 14.9. The van der Waals surface area contributed by atoms with Gasteiger partial charge in [0.05, 0.1) is 5.39 Å². The minimum absolute atomic E-state index is 0.248. The minimum Gasteiger partial charge on any atom is -0.399 e. The van der Waals surface area contributed by atoms with Crippen molar-refractivity contribution in [2.45, 2.75) is 18.8 Å². The van der Waals surface area contributed by atoms with E-state index in [0.29, 0.717) is 17.2 Å². The van der Waals surface area contributed by atoms with Gasteiger partial charge in [-0.15, -0.1) is 0 Å². The smallest absolute Gasteiger partial charge is 0.161 e. The van der Waals surface area contributed by atoms with Gasteiger partial charge in [0.15, 0.2) is 5.65 Å². The molecule has 2 aromatic heterocycles. The Kier molecular flexibility index (Phi) is 3.18. The molecule has 128 valence electrons. The number of nitrogens with zero attached hydrogens (tertiary/aromatic N) is 3. The summed E-state index contributed by atoms with van der Waals surface area (Å²) in [4.78, 5) is 9.35. The normalized spacial score (nSPS) is 14.0. The number of fused-ring (bicyclic) bond motifs is 2. The molecule has 0 saturated carbocycles. The molecule has 2 aromatic carbocycles. The van der Waals surface area contributed by atoms with Crippen molar-refractivity contribution in [1.29, 1.82) is 0 Å². The second-order valence-electron chi connectivity index (χ2n) is 6.76. The lowest BCUT2D eigenvalue weighted by molar-refractivity contribution is 0.687. The lowest BCUT2D eigenvalue weighted by Crippen LogP contribution is -2.07. The molecule has 0 atom stereocenters. The first-order valence-corrected chi connectivity index (χ1v) is 8.63. The molecule has 26 heavy (non-hydrogen) atoms. The Morgan fingerprint density at radius 2 is 1.69 bits per heavy atom. The number of H-pyrrole nitrogens is 1. The third-order valence-corrected chi connectivity index (χ3v) is 5.04. The number of hydrogen-bond acceptors (Lipinski definition) is 5. The average Bonchev–Trinajstić information content (AvgIpc) is 3.26. The SMILES string of the molecule is Nc1cccc(-c2n[nH]c3nc(C4Cc5ccccc5C4)nc(N)c23)c1. The highest BCUT2D eigenvalue weighted by molar-refractivity contribution is 5.98. The van der Waals surface area contributed by atoms with Crippen LogP contribution in [-0.4, -0.2) is 20.2 Å². The van der Waals surface area contributed by atoms with Crippen LogP contribution in [0, 0.1) is 0 Å². The van der Waals surface area contributed by atoms with E-state index in [9.17, 15) is 0 Å². The van der Waals surface area contributed by atoms with Gasteiger partial charge in [-0.05, 0) is 36.1 Å². The molecule has 2 heterocycles. The monoisotopic (exact) mass is 342 g/mol. The number of hydrogen-bond donors (Lipinski definition) is 3. The van der Waals surface area contributed by atoms with Crippen molar-refractivity contribution in [2.75, 3.05) is 11.5 Å². The number of nitrogens with one attached hydrogen (secondary N) is 1. The van der Waals surface area contributed by atoms with Crippen LogP contribution in [0.4, 0.5) is 11.5 Å². The molecule has 0 radical (unpaired) electrons. The Balaban J connectivity index is 1.57. The summed E-state index contributed by atoms with van der Waals surface area (Å²) in [5, 5.41) is 8.17. The fourth-order valence-corrected chi connectivity index (χ4v) is 3.79. The van der Waals surface area contributed by atoms with E-state index in [0.717, 1.165) is 35.3 Å². The number of aromatic nitrogens is 4. The molecule has 6 heteroatoms. The molecule has 4 aromatic rings. The maximum absolute atomic E-state index is 6.31. The minimum atomic E-state index is 0.248. The van der Waals surface area contributed by atoms with E-state index in [1.807, 2.05) is 24.3 Å². The Morgan fingerprint density at radius 1 is 0.923 bits per heavy atom. The van der Waals surface area contributed by atoms with Crippen LogP contribution in [0.5, 0.6) is 0 Å². The molecule has 0 aliphatic heterocycles. The molecular weight excluding hydrogens is 324 g/mol. The molecule has 6 nitrogen and oxygen atoms in total. The average molecular weight is 342 g/mol. The summed E-state index contributed by atoms with van der Waals surface area (Å²) < 4.78 is 0. The lowest BCUT2D eigenvalue weighted by atomic mass is 10.0. The van der Waals surface area contributed by atoms with Crippen molar-refractivity contribution >= 4 is 22.5 Å². The van der Waals surface area contributed by atoms with Gasteiger partial charge in [0.25, 0.3) is 0 Å². The number of anilines is 2. The van der Waals surface area contributed by atoms with E-state index in [-0.39, 0.29) is 5.92 Å². The lowest BCUT2D eigenvalue weighted by Gasteiger charge is -2.09. The first-order valence-electron chi connectivity index (χ1n) is 8.63. The summed E-state index contributed by atoms with van der Waals surface area (Å²) in [6, 6.07) is 16.1. The quantitative estimate of drug-likeness (QED) is 0.485. The van der Waals surface area contributed by atoms with E-state index in [1.54, 1.807) is 0 Å². The Labute approximate surface area is 150 Å². The van der Waals surface area contributed by atoms with Gasteiger partial charge >= 0.3 is 0 Å². The van der Waals surface area contributed by atoms with Crippen molar-refractivity contribution in [3.63, 3.8) is 0 Å². The van der Waals surface area contributed by atoms with Crippen molar-refractivity contribution in [1.82, 2.24) is 20.2 Å². The standard InChI is InChI=1S/C20H18N6/c21-15-7-3-6-13(10-15)17-16-18(22)23-19(24-20(16)26-25-17)14-8-11-4-1-2-5-12(11)9-14/h1-7,10,14H,8-9,21H2,(H3,22,23,24,25,26). The molecule has 0 saturated heterocycles. The molecule has 1 aliphatic carbocycles. The van der Waals surface area contributed by atoms with Crippen molar-refractivity contribution in [3.05, 3.63) is 65.5 Å². The molecule has 0 fully saturated rings. The predicted molar refractivity (Wildman–Crippen MR) is 103 cm³/mol. The molecule has 0 spiro atoms. The summed E-state index contributed by atoms with van der Waals surface area (Å²) in [7, 11) is 0. The Bertz CT molecular complexity index is 1110. The highest BCUT2D eigenvalue weighted by atomic mass is 15.2. The fourth-order valence-electron chi connectivity index (χ4n) is 3.79.